The van der Waals surface area contributed by atoms with E-state index >= 15 is 0 Å². The Morgan fingerprint density at radius 2 is 2.20 bits per heavy atom. The Bertz CT molecular complexity index is 125. The van der Waals surface area contributed by atoms with Crippen LogP contribution in [0.2, 0.25) is 0 Å². The van der Waals surface area contributed by atoms with E-state index in [0.717, 1.165) is 6.42 Å². The van der Waals surface area contributed by atoms with Crippen LogP contribution >= 0.6 is 0 Å². The maximum Gasteiger partial charge on any atom is 0.273 e. The zero-order chi connectivity index (χ0) is 7.78. The Kier molecular flexibility index (Phi) is 1.95. The van der Waals surface area contributed by atoms with Crippen LogP contribution in [0.4, 0.5) is 8.78 Å². The maximum absolute atomic E-state index is 12.5. The third-order valence-electron chi connectivity index (χ3n) is 2.18. The highest BCUT2D eigenvalue weighted by atomic mass is 19.3. The van der Waals surface area contributed by atoms with Crippen molar-refractivity contribution >= 4 is 0 Å². The van der Waals surface area contributed by atoms with Gasteiger partial charge in [-0.3, -0.25) is 0 Å². The Balaban J connectivity index is 2.53. The molecule has 1 aliphatic rings. The molecule has 60 valence electrons. The molecule has 1 N–H and O–H groups in total. The molecule has 0 bridgehead atoms. The van der Waals surface area contributed by atoms with Crippen LogP contribution in [0, 0.1) is 5.92 Å². The van der Waals surface area contributed by atoms with Crippen LogP contribution in [0.25, 0.3) is 0 Å². The molecule has 0 spiro atoms. The first-order valence-electron chi connectivity index (χ1n) is 3.62. The number of hydrogen-bond donors (Lipinski definition) is 1. The van der Waals surface area contributed by atoms with Gasteiger partial charge < -0.3 is 5.11 Å². The first-order valence-corrected chi connectivity index (χ1v) is 3.62. The van der Waals surface area contributed by atoms with Gasteiger partial charge >= 0.3 is 0 Å². The van der Waals surface area contributed by atoms with Gasteiger partial charge in [0.05, 0.1) is 0 Å². The highest BCUT2D eigenvalue weighted by Crippen LogP contribution is 2.40. The molecule has 1 fully saturated rings. The lowest BCUT2D eigenvalue weighted by atomic mass is 10.1. The fourth-order valence-electron chi connectivity index (χ4n) is 1.40. The summed E-state index contributed by atoms with van der Waals surface area (Å²) in [5.74, 6) is -2.80. The monoisotopic (exact) mass is 150 g/mol. The van der Waals surface area contributed by atoms with E-state index in [1.54, 1.807) is 0 Å². The lowest BCUT2D eigenvalue weighted by Gasteiger charge is -2.11. The number of aliphatic hydroxyl groups is 1. The molecule has 3 heteroatoms. The molecule has 0 aromatic carbocycles. The minimum atomic E-state index is -2.82. The Labute approximate surface area is 59.0 Å². The number of alkyl halides is 2. The Morgan fingerprint density at radius 3 is 2.40 bits per heavy atom. The molecule has 1 aliphatic carbocycles. The second-order valence-corrected chi connectivity index (χ2v) is 2.99. The second kappa shape index (κ2) is 2.46. The molecule has 2 unspecified atom stereocenters. The summed E-state index contributed by atoms with van der Waals surface area (Å²) >= 11 is 0. The maximum atomic E-state index is 12.5. The van der Waals surface area contributed by atoms with E-state index < -0.39 is 12.0 Å². The lowest BCUT2D eigenvalue weighted by Crippen LogP contribution is -2.26. The van der Waals surface area contributed by atoms with Gasteiger partial charge in [0, 0.05) is 6.42 Å². The molecule has 0 amide bonds. The van der Waals surface area contributed by atoms with E-state index in [9.17, 15) is 8.78 Å². The third kappa shape index (κ3) is 1.29. The van der Waals surface area contributed by atoms with E-state index in [4.69, 9.17) is 5.11 Å². The van der Waals surface area contributed by atoms with Crippen LogP contribution < -0.4 is 0 Å². The van der Waals surface area contributed by atoms with Crippen LogP contribution in [0.1, 0.15) is 26.2 Å². The molecule has 0 saturated heterocycles. The van der Waals surface area contributed by atoms with Crippen molar-refractivity contribution in [1.82, 2.24) is 0 Å². The quantitative estimate of drug-likeness (QED) is 0.604. The largest absolute Gasteiger partial charge is 0.387 e. The van der Waals surface area contributed by atoms with E-state index in [1.807, 2.05) is 6.92 Å². The predicted molar refractivity (Wildman–Crippen MR) is 34.0 cm³/mol. The van der Waals surface area contributed by atoms with Gasteiger partial charge in [-0.2, -0.15) is 0 Å². The molecule has 0 aromatic heterocycles. The van der Waals surface area contributed by atoms with Gasteiger partial charge in [-0.25, -0.2) is 8.78 Å². The summed E-state index contributed by atoms with van der Waals surface area (Å²) < 4.78 is 25.1. The number of halogens is 2. The zero-order valence-electron chi connectivity index (χ0n) is 5.98. The second-order valence-electron chi connectivity index (χ2n) is 2.99. The normalized spacial score (nSPS) is 38.4. The van der Waals surface area contributed by atoms with Crippen LogP contribution in [0.15, 0.2) is 0 Å². The molecule has 0 radical (unpaired) electrons. The summed E-state index contributed by atoms with van der Waals surface area (Å²) in [7, 11) is 0. The molecular formula is C7H12F2O. The van der Waals surface area contributed by atoms with Crippen molar-refractivity contribution in [2.24, 2.45) is 5.92 Å². The SMILES string of the molecule is CCC1CC(O)C(F)(F)C1. The van der Waals surface area contributed by atoms with Crippen molar-refractivity contribution in [2.75, 3.05) is 0 Å². The smallest absolute Gasteiger partial charge is 0.273 e. The van der Waals surface area contributed by atoms with E-state index in [0.29, 0.717) is 0 Å². The average molecular weight is 150 g/mol. The fourth-order valence-corrected chi connectivity index (χ4v) is 1.40. The van der Waals surface area contributed by atoms with Gasteiger partial charge in [0.15, 0.2) is 0 Å². The molecule has 1 nitrogen and oxygen atoms in total. The first kappa shape index (κ1) is 7.92. The van der Waals surface area contributed by atoms with E-state index in [-0.39, 0.29) is 18.8 Å². The Hall–Kier alpha value is -0.180. The van der Waals surface area contributed by atoms with Crippen molar-refractivity contribution in [3.05, 3.63) is 0 Å². The first-order chi connectivity index (χ1) is 4.56. The highest BCUT2D eigenvalue weighted by molar-refractivity contribution is 4.88. The molecule has 1 saturated carbocycles. The van der Waals surface area contributed by atoms with Crippen molar-refractivity contribution < 1.29 is 13.9 Å². The van der Waals surface area contributed by atoms with Gasteiger partial charge in [0.1, 0.15) is 6.10 Å². The van der Waals surface area contributed by atoms with E-state index in [1.165, 1.54) is 0 Å². The van der Waals surface area contributed by atoms with Gasteiger partial charge in [-0.05, 0) is 12.3 Å². The van der Waals surface area contributed by atoms with Crippen LogP contribution in [-0.2, 0) is 0 Å². The number of hydrogen-bond acceptors (Lipinski definition) is 1. The lowest BCUT2D eigenvalue weighted by molar-refractivity contribution is -0.0858. The van der Waals surface area contributed by atoms with Crippen molar-refractivity contribution in [1.29, 1.82) is 0 Å². The molecule has 10 heavy (non-hydrogen) atoms. The van der Waals surface area contributed by atoms with E-state index in [2.05, 4.69) is 0 Å². The van der Waals surface area contributed by atoms with Gasteiger partial charge in [-0.1, -0.05) is 13.3 Å². The summed E-state index contributed by atoms with van der Waals surface area (Å²) in [5, 5.41) is 8.81. The van der Waals surface area contributed by atoms with Crippen LogP contribution in [0.5, 0.6) is 0 Å². The summed E-state index contributed by atoms with van der Waals surface area (Å²) in [6.07, 6.45) is -0.515. The fraction of sp³-hybridized carbons (Fsp3) is 1.00. The molecule has 0 aliphatic heterocycles. The van der Waals surface area contributed by atoms with Gasteiger partial charge in [0.25, 0.3) is 5.92 Å². The average Bonchev–Trinajstić information content (AvgIpc) is 2.08. The third-order valence-corrected chi connectivity index (χ3v) is 2.18. The van der Waals surface area contributed by atoms with Gasteiger partial charge in [-0.15, -0.1) is 0 Å². The van der Waals surface area contributed by atoms with Crippen molar-refractivity contribution in [3.63, 3.8) is 0 Å². The highest BCUT2D eigenvalue weighted by Gasteiger charge is 2.47. The molecule has 1 rings (SSSR count). The minimum Gasteiger partial charge on any atom is -0.387 e. The van der Waals surface area contributed by atoms with Crippen LogP contribution in [0.3, 0.4) is 0 Å². The standard InChI is InChI=1S/C7H12F2O/c1-2-5-3-6(10)7(8,9)4-5/h5-6,10H,2-4H2,1H3. The minimum absolute atomic E-state index is 0.0185. The molecular weight excluding hydrogens is 138 g/mol. The summed E-state index contributed by atoms with van der Waals surface area (Å²) in [4.78, 5) is 0. The van der Waals surface area contributed by atoms with Gasteiger partial charge in [0.2, 0.25) is 0 Å². The molecule has 0 heterocycles. The number of rotatable bonds is 1. The predicted octanol–water partition coefficient (Wildman–Crippen LogP) is 1.80. The van der Waals surface area contributed by atoms with Crippen molar-refractivity contribution in [2.45, 2.75) is 38.2 Å². The summed E-state index contributed by atoms with van der Waals surface area (Å²) in [5.41, 5.74) is 0. The summed E-state index contributed by atoms with van der Waals surface area (Å²) in [6.45, 7) is 1.87. The summed E-state index contributed by atoms with van der Waals surface area (Å²) in [6, 6.07) is 0. The molecule has 2 atom stereocenters. The van der Waals surface area contributed by atoms with Crippen molar-refractivity contribution in [3.8, 4) is 0 Å². The molecule has 0 aromatic rings. The number of aliphatic hydroxyl groups excluding tert-OH is 1. The van der Waals surface area contributed by atoms with Crippen LogP contribution in [-0.4, -0.2) is 17.1 Å². The zero-order valence-corrected chi connectivity index (χ0v) is 5.98. The Morgan fingerprint density at radius 1 is 1.60 bits per heavy atom. The topological polar surface area (TPSA) is 20.2 Å².